The third-order valence-electron chi connectivity index (χ3n) is 4.23. The van der Waals surface area contributed by atoms with Crippen LogP contribution in [-0.4, -0.2) is 40.1 Å². The van der Waals surface area contributed by atoms with Gasteiger partial charge in [0.05, 0.1) is 11.9 Å². The van der Waals surface area contributed by atoms with Gasteiger partial charge in [0.2, 0.25) is 0 Å². The van der Waals surface area contributed by atoms with Crippen LogP contribution in [0, 0.1) is 0 Å². The molecule has 1 atom stereocenters. The number of carbonyl (C=O) groups excluding carboxylic acids is 1. The molecule has 1 saturated heterocycles. The quantitative estimate of drug-likeness (QED) is 0.779. The Kier molecular flexibility index (Phi) is 4.50. The second-order valence-corrected chi connectivity index (χ2v) is 5.88. The number of aromatic hydroxyl groups is 1. The summed E-state index contributed by atoms with van der Waals surface area (Å²) in [5, 5.41) is 12.9. The molecule has 7 heteroatoms. The number of nitrogens with zero attached hydrogens (tertiary/aromatic N) is 2. The Morgan fingerprint density at radius 1 is 1.46 bits per heavy atom. The van der Waals surface area contributed by atoms with E-state index in [9.17, 15) is 14.7 Å². The minimum Gasteiger partial charge on any atom is -0.507 e. The number of aromatic amines is 1. The zero-order valence-electron chi connectivity index (χ0n) is 13.5. The molecule has 3 rings (SSSR count). The standard InChI is InChI=1S/C17H20N4O3/c1-2-11-3-4-13(14(22)7-11)17(24)20-12-5-6-21(9-12)15-8-16(23)19-10-18-15/h3-4,7-8,10,12,22H,2,5-6,9H2,1H3,(H,20,24)(H,18,19,23). The van der Waals surface area contributed by atoms with Crippen LogP contribution < -0.4 is 15.8 Å². The van der Waals surface area contributed by atoms with Crippen LogP contribution in [0.15, 0.2) is 35.4 Å². The fourth-order valence-electron chi connectivity index (χ4n) is 2.87. The van der Waals surface area contributed by atoms with Crippen molar-refractivity contribution < 1.29 is 9.90 Å². The highest BCUT2D eigenvalue weighted by atomic mass is 16.3. The molecule has 1 aromatic heterocycles. The van der Waals surface area contributed by atoms with Crippen LogP contribution in [0.1, 0.15) is 29.3 Å². The summed E-state index contributed by atoms with van der Waals surface area (Å²) in [6.45, 7) is 3.28. The average Bonchev–Trinajstić information content (AvgIpc) is 3.03. The van der Waals surface area contributed by atoms with Crippen LogP contribution >= 0.6 is 0 Å². The lowest BCUT2D eigenvalue weighted by molar-refractivity contribution is 0.0937. The second-order valence-electron chi connectivity index (χ2n) is 5.88. The molecule has 1 aliphatic rings. The average molecular weight is 328 g/mol. The van der Waals surface area contributed by atoms with Gasteiger partial charge in [-0.25, -0.2) is 4.98 Å². The molecule has 1 fully saturated rings. The number of aromatic nitrogens is 2. The maximum absolute atomic E-state index is 12.4. The molecule has 24 heavy (non-hydrogen) atoms. The Balaban J connectivity index is 1.65. The normalized spacial score (nSPS) is 17.0. The monoisotopic (exact) mass is 328 g/mol. The SMILES string of the molecule is CCc1ccc(C(=O)NC2CCN(c3cc(=O)[nH]cn3)C2)c(O)c1. The predicted molar refractivity (Wildman–Crippen MR) is 90.4 cm³/mol. The molecule has 0 radical (unpaired) electrons. The van der Waals surface area contributed by atoms with Crippen LogP contribution in [0.25, 0.3) is 0 Å². The van der Waals surface area contributed by atoms with E-state index in [-0.39, 0.29) is 28.8 Å². The summed E-state index contributed by atoms with van der Waals surface area (Å²) in [7, 11) is 0. The summed E-state index contributed by atoms with van der Waals surface area (Å²) in [6, 6.07) is 6.50. The van der Waals surface area contributed by atoms with E-state index in [0.717, 1.165) is 18.4 Å². The molecule has 0 spiro atoms. The second kappa shape index (κ2) is 6.74. The van der Waals surface area contributed by atoms with Gasteiger partial charge in [-0.15, -0.1) is 0 Å². The van der Waals surface area contributed by atoms with Gasteiger partial charge in [-0.2, -0.15) is 0 Å². The molecule has 1 aliphatic heterocycles. The van der Waals surface area contributed by atoms with E-state index < -0.39 is 0 Å². The van der Waals surface area contributed by atoms with Gasteiger partial charge in [0.1, 0.15) is 11.6 Å². The van der Waals surface area contributed by atoms with Gasteiger partial charge in [-0.1, -0.05) is 13.0 Å². The summed E-state index contributed by atoms with van der Waals surface area (Å²) < 4.78 is 0. The van der Waals surface area contributed by atoms with Gasteiger partial charge in [0.15, 0.2) is 0 Å². The summed E-state index contributed by atoms with van der Waals surface area (Å²) in [4.78, 5) is 32.3. The summed E-state index contributed by atoms with van der Waals surface area (Å²) in [5.41, 5.74) is 1.06. The predicted octanol–water partition coefficient (Wildman–Crippen LogP) is 1.05. The molecule has 0 bridgehead atoms. The molecule has 126 valence electrons. The number of carbonyl (C=O) groups is 1. The number of H-pyrrole nitrogens is 1. The number of hydrogen-bond donors (Lipinski definition) is 3. The first-order valence-corrected chi connectivity index (χ1v) is 7.99. The first-order valence-electron chi connectivity index (χ1n) is 7.99. The van der Waals surface area contributed by atoms with Crippen molar-refractivity contribution in [2.75, 3.05) is 18.0 Å². The molecular formula is C17H20N4O3. The third-order valence-corrected chi connectivity index (χ3v) is 4.23. The Bertz CT molecular complexity index is 802. The number of phenolic OH excluding ortho intramolecular Hbond substituents is 1. The maximum atomic E-state index is 12.4. The van der Waals surface area contributed by atoms with Gasteiger partial charge < -0.3 is 20.3 Å². The number of anilines is 1. The molecular weight excluding hydrogens is 308 g/mol. The van der Waals surface area contributed by atoms with Crippen LogP contribution in [0.3, 0.4) is 0 Å². The van der Waals surface area contributed by atoms with E-state index in [4.69, 9.17) is 0 Å². The van der Waals surface area contributed by atoms with Crippen molar-refractivity contribution in [2.24, 2.45) is 0 Å². The summed E-state index contributed by atoms with van der Waals surface area (Å²) in [5.74, 6) is 0.310. The van der Waals surface area contributed by atoms with Gasteiger partial charge in [0.25, 0.3) is 11.5 Å². The van der Waals surface area contributed by atoms with Crippen molar-refractivity contribution in [1.29, 1.82) is 0 Å². The number of benzene rings is 1. The van der Waals surface area contributed by atoms with Crippen molar-refractivity contribution in [3.63, 3.8) is 0 Å². The van der Waals surface area contributed by atoms with E-state index in [1.807, 2.05) is 17.9 Å². The van der Waals surface area contributed by atoms with E-state index in [2.05, 4.69) is 15.3 Å². The number of aryl methyl sites for hydroxylation is 1. The van der Waals surface area contributed by atoms with E-state index in [1.165, 1.54) is 12.4 Å². The van der Waals surface area contributed by atoms with Crippen molar-refractivity contribution in [3.8, 4) is 5.75 Å². The Morgan fingerprint density at radius 2 is 2.29 bits per heavy atom. The molecule has 1 amide bonds. The first-order chi connectivity index (χ1) is 11.6. The molecule has 2 heterocycles. The van der Waals surface area contributed by atoms with Crippen LogP contribution in [0.2, 0.25) is 0 Å². The number of amides is 1. The molecule has 0 aliphatic carbocycles. The van der Waals surface area contributed by atoms with Crippen molar-refractivity contribution >= 4 is 11.7 Å². The fourth-order valence-corrected chi connectivity index (χ4v) is 2.87. The molecule has 1 aromatic carbocycles. The van der Waals surface area contributed by atoms with Crippen molar-refractivity contribution in [1.82, 2.24) is 15.3 Å². The number of rotatable bonds is 4. The zero-order valence-corrected chi connectivity index (χ0v) is 13.5. The van der Waals surface area contributed by atoms with Gasteiger partial charge in [0, 0.05) is 25.2 Å². The lowest BCUT2D eigenvalue weighted by Crippen LogP contribution is -2.37. The molecule has 7 nitrogen and oxygen atoms in total. The molecule has 0 saturated carbocycles. The van der Waals surface area contributed by atoms with E-state index in [1.54, 1.807) is 12.1 Å². The van der Waals surface area contributed by atoms with Gasteiger partial charge >= 0.3 is 0 Å². The number of nitrogens with one attached hydrogen (secondary N) is 2. The highest BCUT2D eigenvalue weighted by Gasteiger charge is 2.26. The molecule has 1 unspecified atom stereocenters. The highest BCUT2D eigenvalue weighted by molar-refractivity contribution is 5.97. The maximum Gasteiger partial charge on any atom is 0.255 e. The van der Waals surface area contributed by atoms with Gasteiger partial charge in [-0.05, 0) is 30.5 Å². The largest absolute Gasteiger partial charge is 0.507 e. The Labute approximate surface area is 139 Å². The summed E-state index contributed by atoms with van der Waals surface area (Å²) in [6.07, 6.45) is 2.93. The number of hydrogen-bond acceptors (Lipinski definition) is 5. The topological polar surface area (TPSA) is 98.3 Å². The molecule has 3 N–H and O–H groups in total. The number of phenols is 1. The Morgan fingerprint density at radius 3 is 3.00 bits per heavy atom. The zero-order chi connectivity index (χ0) is 17.1. The third kappa shape index (κ3) is 3.40. The minimum absolute atomic E-state index is 0.00189. The van der Waals surface area contributed by atoms with Crippen molar-refractivity contribution in [3.05, 3.63) is 52.1 Å². The fraction of sp³-hybridized carbons (Fsp3) is 0.353. The lowest BCUT2D eigenvalue weighted by atomic mass is 10.1. The molecule has 2 aromatic rings. The van der Waals surface area contributed by atoms with E-state index >= 15 is 0 Å². The van der Waals surface area contributed by atoms with Gasteiger partial charge in [-0.3, -0.25) is 9.59 Å². The smallest absolute Gasteiger partial charge is 0.255 e. The minimum atomic E-state index is -0.291. The lowest BCUT2D eigenvalue weighted by Gasteiger charge is -2.17. The van der Waals surface area contributed by atoms with E-state index in [0.29, 0.717) is 18.9 Å². The van der Waals surface area contributed by atoms with Crippen LogP contribution in [0.5, 0.6) is 5.75 Å². The highest BCUT2D eigenvalue weighted by Crippen LogP contribution is 2.21. The van der Waals surface area contributed by atoms with Crippen LogP contribution in [0.4, 0.5) is 5.82 Å². The van der Waals surface area contributed by atoms with Crippen molar-refractivity contribution in [2.45, 2.75) is 25.8 Å². The Hall–Kier alpha value is -2.83. The van der Waals surface area contributed by atoms with Crippen LogP contribution in [-0.2, 0) is 6.42 Å². The summed E-state index contributed by atoms with van der Waals surface area (Å²) >= 11 is 0. The first kappa shape index (κ1) is 16.0.